The van der Waals surface area contributed by atoms with Crippen LogP contribution in [0.3, 0.4) is 0 Å². The zero-order valence-corrected chi connectivity index (χ0v) is 13.3. The van der Waals surface area contributed by atoms with Gasteiger partial charge < -0.3 is 9.80 Å². The molecule has 3 rings (SSSR count). The molecule has 2 aliphatic rings. The van der Waals surface area contributed by atoms with Gasteiger partial charge in [0.15, 0.2) is 0 Å². The van der Waals surface area contributed by atoms with Gasteiger partial charge in [0, 0.05) is 37.2 Å². The van der Waals surface area contributed by atoms with Crippen LogP contribution in [-0.2, 0) is 10.0 Å². The Hall–Kier alpha value is -1.60. The van der Waals surface area contributed by atoms with Gasteiger partial charge in [0.2, 0.25) is 10.0 Å². The Morgan fingerprint density at radius 1 is 1.09 bits per heavy atom. The molecule has 5 nitrogen and oxygen atoms in total. The number of sulfonamides is 1. The van der Waals surface area contributed by atoms with Gasteiger partial charge in [-0.05, 0) is 37.1 Å². The first-order chi connectivity index (χ1) is 10.4. The molecular weight excluding hydrogens is 305 g/mol. The Kier molecular flexibility index (Phi) is 4.10. The Labute approximate surface area is 130 Å². The molecule has 1 saturated heterocycles. The monoisotopic (exact) mass is 325 g/mol. The number of benzene rings is 1. The maximum atomic E-state index is 13.0. The lowest BCUT2D eigenvalue weighted by Crippen LogP contribution is -2.45. The van der Waals surface area contributed by atoms with Crippen LogP contribution in [-0.4, -0.2) is 49.7 Å². The van der Waals surface area contributed by atoms with Crippen molar-refractivity contribution in [2.24, 2.45) is 0 Å². The molecule has 0 radical (unpaired) electrons. The van der Waals surface area contributed by atoms with Gasteiger partial charge in [0.25, 0.3) is 0 Å². The second-order valence-electron chi connectivity index (χ2n) is 5.79. The number of hydrogen-bond acceptors (Lipinski definition) is 4. The molecule has 0 bridgehead atoms. The molecule has 1 aromatic carbocycles. The molecule has 1 aromatic rings. The zero-order chi connectivity index (χ0) is 15.7. The summed E-state index contributed by atoms with van der Waals surface area (Å²) in [5.74, 6) is -0.239. The van der Waals surface area contributed by atoms with Gasteiger partial charge in [-0.15, -0.1) is 0 Å². The molecular formula is C15H20FN3O2S. The number of hydrogen-bond donors (Lipinski definition) is 0. The average Bonchev–Trinajstić information content (AvgIpc) is 2.97. The molecule has 0 unspecified atom stereocenters. The van der Waals surface area contributed by atoms with Gasteiger partial charge in [-0.2, -0.15) is 0 Å². The van der Waals surface area contributed by atoms with Gasteiger partial charge in [-0.25, -0.2) is 17.1 Å². The number of anilines is 1. The van der Waals surface area contributed by atoms with E-state index < -0.39 is 10.0 Å². The first kappa shape index (κ1) is 15.3. The topological polar surface area (TPSA) is 43.9 Å². The predicted molar refractivity (Wildman–Crippen MR) is 84.2 cm³/mol. The summed E-state index contributed by atoms with van der Waals surface area (Å²) in [5, 5.41) is 0. The minimum Gasteiger partial charge on any atom is -0.355 e. The first-order valence-electron chi connectivity index (χ1n) is 7.35. The van der Waals surface area contributed by atoms with E-state index in [2.05, 4.69) is 9.80 Å². The minimum atomic E-state index is -3.08. The molecule has 0 amide bonds. The number of piperidine rings is 1. The fourth-order valence-electron chi connectivity index (χ4n) is 2.98. The van der Waals surface area contributed by atoms with Crippen LogP contribution in [0.15, 0.2) is 36.7 Å². The Morgan fingerprint density at radius 3 is 2.32 bits per heavy atom. The van der Waals surface area contributed by atoms with Crippen molar-refractivity contribution in [2.45, 2.75) is 18.9 Å². The summed E-state index contributed by atoms with van der Waals surface area (Å²) < 4.78 is 37.6. The molecule has 22 heavy (non-hydrogen) atoms. The van der Waals surface area contributed by atoms with Gasteiger partial charge in [-0.1, -0.05) is 0 Å². The highest BCUT2D eigenvalue weighted by Crippen LogP contribution is 2.25. The van der Waals surface area contributed by atoms with Crippen molar-refractivity contribution in [1.82, 2.24) is 9.21 Å². The van der Waals surface area contributed by atoms with Gasteiger partial charge >= 0.3 is 0 Å². The average molecular weight is 325 g/mol. The van der Waals surface area contributed by atoms with Crippen LogP contribution in [0.2, 0.25) is 0 Å². The third-order valence-corrected chi connectivity index (χ3v) is 5.58. The second kappa shape index (κ2) is 5.89. The third-order valence-electron chi connectivity index (χ3n) is 4.27. The van der Waals surface area contributed by atoms with E-state index in [9.17, 15) is 12.8 Å². The molecule has 2 heterocycles. The zero-order valence-electron chi connectivity index (χ0n) is 12.5. The molecule has 0 N–H and O–H groups in total. The fourth-order valence-corrected chi connectivity index (χ4v) is 3.85. The standard InChI is InChI=1S/C15H20FN3O2S/c1-22(20,21)19-8-6-15(7-9-19)18-11-10-17(12-18)14-4-2-13(16)3-5-14/h2-5,10-11,15H,6-9,12H2,1H3. The van der Waals surface area contributed by atoms with Crippen LogP contribution in [0, 0.1) is 5.82 Å². The van der Waals surface area contributed by atoms with E-state index in [-0.39, 0.29) is 5.82 Å². The summed E-state index contributed by atoms with van der Waals surface area (Å²) in [6.45, 7) is 1.87. The van der Waals surface area contributed by atoms with Crippen LogP contribution < -0.4 is 4.90 Å². The molecule has 2 aliphatic heterocycles. The number of rotatable bonds is 3. The van der Waals surface area contributed by atoms with E-state index in [1.54, 1.807) is 16.4 Å². The lowest BCUT2D eigenvalue weighted by atomic mass is 10.1. The largest absolute Gasteiger partial charge is 0.355 e. The van der Waals surface area contributed by atoms with Crippen molar-refractivity contribution < 1.29 is 12.8 Å². The van der Waals surface area contributed by atoms with Crippen LogP contribution in [0.5, 0.6) is 0 Å². The highest BCUT2D eigenvalue weighted by molar-refractivity contribution is 7.88. The molecule has 0 aliphatic carbocycles. The Morgan fingerprint density at radius 2 is 1.73 bits per heavy atom. The molecule has 120 valence electrons. The smallest absolute Gasteiger partial charge is 0.211 e. The highest BCUT2D eigenvalue weighted by Gasteiger charge is 2.29. The van der Waals surface area contributed by atoms with Crippen molar-refractivity contribution in [3.05, 3.63) is 42.5 Å². The van der Waals surface area contributed by atoms with Gasteiger partial charge in [0.1, 0.15) is 5.82 Å². The summed E-state index contributed by atoms with van der Waals surface area (Å²) in [4.78, 5) is 4.28. The Balaban J connectivity index is 1.58. The minimum absolute atomic E-state index is 0.239. The SMILES string of the molecule is CS(=O)(=O)N1CCC(N2C=CN(c3ccc(F)cc3)C2)CC1. The summed E-state index contributed by atoms with van der Waals surface area (Å²) in [7, 11) is -3.08. The van der Waals surface area contributed by atoms with Crippen molar-refractivity contribution >= 4 is 15.7 Å². The third kappa shape index (κ3) is 3.25. The second-order valence-corrected chi connectivity index (χ2v) is 7.78. The van der Waals surface area contributed by atoms with Gasteiger partial charge in [0.05, 0.1) is 12.9 Å². The number of halogens is 1. The van der Waals surface area contributed by atoms with E-state index in [4.69, 9.17) is 0 Å². The predicted octanol–water partition coefficient (Wildman–Crippen LogP) is 1.80. The van der Waals surface area contributed by atoms with Crippen LogP contribution in [0.25, 0.3) is 0 Å². The lowest BCUT2D eigenvalue weighted by Gasteiger charge is -2.36. The van der Waals surface area contributed by atoms with Crippen molar-refractivity contribution in [3.63, 3.8) is 0 Å². The summed E-state index contributed by atoms with van der Waals surface area (Å²) in [6.07, 6.45) is 6.93. The fraction of sp³-hybridized carbons (Fsp3) is 0.467. The maximum Gasteiger partial charge on any atom is 0.211 e. The highest BCUT2D eigenvalue weighted by atomic mass is 32.2. The molecule has 0 spiro atoms. The van der Waals surface area contributed by atoms with Gasteiger partial charge in [-0.3, -0.25) is 0 Å². The van der Waals surface area contributed by atoms with Crippen LogP contribution in [0.1, 0.15) is 12.8 Å². The number of nitrogens with zero attached hydrogens (tertiary/aromatic N) is 3. The maximum absolute atomic E-state index is 13.0. The van der Waals surface area contributed by atoms with E-state index in [0.29, 0.717) is 19.1 Å². The quantitative estimate of drug-likeness (QED) is 0.850. The van der Waals surface area contributed by atoms with Crippen LogP contribution in [0.4, 0.5) is 10.1 Å². The van der Waals surface area contributed by atoms with Crippen molar-refractivity contribution in [3.8, 4) is 0 Å². The van der Waals surface area contributed by atoms with Crippen LogP contribution >= 0.6 is 0 Å². The van der Waals surface area contributed by atoms with E-state index >= 15 is 0 Å². The lowest BCUT2D eigenvalue weighted by molar-refractivity contribution is 0.200. The molecule has 7 heteroatoms. The Bertz CT molecular complexity index is 652. The summed E-state index contributed by atoms with van der Waals surface area (Å²) >= 11 is 0. The van der Waals surface area contributed by atoms with E-state index in [1.165, 1.54) is 18.4 Å². The normalized spacial score (nSPS) is 20.8. The van der Waals surface area contributed by atoms with E-state index in [0.717, 1.165) is 25.2 Å². The summed E-state index contributed by atoms with van der Waals surface area (Å²) in [5.41, 5.74) is 0.953. The van der Waals surface area contributed by atoms with Crippen molar-refractivity contribution in [1.29, 1.82) is 0 Å². The summed E-state index contributed by atoms with van der Waals surface area (Å²) in [6, 6.07) is 6.78. The molecule has 0 saturated carbocycles. The first-order valence-corrected chi connectivity index (χ1v) is 9.20. The molecule has 0 aromatic heterocycles. The van der Waals surface area contributed by atoms with Crippen molar-refractivity contribution in [2.75, 3.05) is 30.9 Å². The molecule has 0 atom stereocenters. The van der Waals surface area contributed by atoms with E-state index in [1.807, 2.05) is 12.4 Å². The molecule has 1 fully saturated rings.